The summed E-state index contributed by atoms with van der Waals surface area (Å²) in [7, 11) is 3.52. The molecule has 1 aromatic carbocycles. The minimum absolute atomic E-state index is 0.167. The molecule has 0 saturated heterocycles. The van der Waals surface area contributed by atoms with Crippen LogP contribution >= 0.6 is 23.2 Å². The fourth-order valence-corrected chi connectivity index (χ4v) is 3.14. The monoisotopic (exact) mass is 409 g/mol. The molecule has 3 aromatic rings. The average molecular weight is 410 g/mol. The summed E-state index contributed by atoms with van der Waals surface area (Å²) in [6.07, 6.45) is 1.66. The van der Waals surface area contributed by atoms with Gasteiger partial charge in [-0.15, -0.1) is 0 Å². The van der Waals surface area contributed by atoms with Crippen LogP contribution in [0.15, 0.2) is 30.5 Å². The van der Waals surface area contributed by atoms with E-state index in [0.29, 0.717) is 22.0 Å². The number of carbonyl (C=O) groups excluding carboxylic acids is 1. The van der Waals surface area contributed by atoms with Crippen LogP contribution in [0.2, 0.25) is 10.0 Å². The highest BCUT2D eigenvalue weighted by atomic mass is 35.5. The van der Waals surface area contributed by atoms with E-state index in [2.05, 4.69) is 10.2 Å². The Morgan fingerprint density at radius 1 is 1.15 bits per heavy atom. The van der Waals surface area contributed by atoms with Gasteiger partial charge in [0.25, 0.3) is 5.91 Å². The van der Waals surface area contributed by atoms with E-state index in [-0.39, 0.29) is 24.0 Å². The molecule has 142 valence electrons. The molecule has 0 aliphatic carbocycles. The van der Waals surface area contributed by atoms with Crippen LogP contribution in [-0.2, 0) is 27.2 Å². The molecule has 0 bridgehead atoms. The number of halogens is 3. The van der Waals surface area contributed by atoms with Crippen molar-refractivity contribution in [3.63, 3.8) is 0 Å². The Balaban J connectivity index is 1.94. The van der Waals surface area contributed by atoms with Gasteiger partial charge in [-0.3, -0.25) is 14.2 Å². The normalized spacial score (nSPS) is 11.0. The zero-order valence-electron chi connectivity index (χ0n) is 15.1. The Labute approximate surface area is 166 Å². The maximum atomic E-state index is 13.4. The van der Waals surface area contributed by atoms with Gasteiger partial charge in [0.15, 0.2) is 5.69 Å². The minimum atomic E-state index is -0.435. The van der Waals surface area contributed by atoms with Gasteiger partial charge in [-0.05, 0) is 30.7 Å². The largest absolute Gasteiger partial charge is 0.327 e. The third-order valence-corrected chi connectivity index (χ3v) is 4.86. The second-order valence-corrected chi connectivity index (χ2v) is 7.10. The fourth-order valence-electron chi connectivity index (χ4n) is 2.68. The van der Waals surface area contributed by atoms with E-state index in [9.17, 15) is 9.18 Å². The Kier molecular flexibility index (Phi) is 5.53. The number of hydrogen-bond acceptors (Lipinski definition) is 3. The lowest BCUT2D eigenvalue weighted by atomic mass is 10.2. The molecule has 0 radical (unpaired) electrons. The Morgan fingerprint density at radius 3 is 2.44 bits per heavy atom. The van der Waals surface area contributed by atoms with Gasteiger partial charge in [-0.1, -0.05) is 29.3 Å². The average Bonchev–Trinajstić information content (AvgIpc) is 3.09. The molecule has 1 amide bonds. The van der Waals surface area contributed by atoms with E-state index in [1.807, 2.05) is 6.92 Å². The van der Waals surface area contributed by atoms with E-state index in [1.165, 1.54) is 17.0 Å². The zero-order valence-corrected chi connectivity index (χ0v) is 16.6. The molecule has 0 saturated carbocycles. The van der Waals surface area contributed by atoms with Crippen LogP contribution in [0.5, 0.6) is 0 Å². The summed E-state index contributed by atoms with van der Waals surface area (Å²) >= 11 is 12.4. The van der Waals surface area contributed by atoms with E-state index >= 15 is 0 Å². The van der Waals surface area contributed by atoms with Crippen molar-refractivity contribution in [1.82, 2.24) is 24.5 Å². The lowest BCUT2D eigenvalue weighted by Crippen LogP contribution is -2.31. The lowest BCUT2D eigenvalue weighted by Gasteiger charge is -2.22. The number of benzene rings is 1. The van der Waals surface area contributed by atoms with E-state index < -0.39 is 5.82 Å². The van der Waals surface area contributed by atoms with E-state index in [0.717, 1.165) is 5.69 Å². The molecule has 0 unspecified atom stereocenters. The molecule has 0 aliphatic heterocycles. The fraction of sp³-hybridized carbons (Fsp3) is 0.278. The maximum Gasteiger partial charge on any atom is 0.275 e. The summed E-state index contributed by atoms with van der Waals surface area (Å²) in [6, 6.07) is 5.80. The first-order valence-electron chi connectivity index (χ1n) is 8.16. The van der Waals surface area contributed by atoms with Gasteiger partial charge in [0.1, 0.15) is 11.5 Å². The number of aromatic nitrogens is 4. The third-order valence-electron chi connectivity index (χ3n) is 4.19. The van der Waals surface area contributed by atoms with Crippen molar-refractivity contribution in [3.8, 4) is 0 Å². The summed E-state index contributed by atoms with van der Waals surface area (Å²) in [5.41, 5.74) is 2.33. The van der Waals surface area contributed by atoms with Crippen LogP contribution in [-0.4, -0.2) is 30.4 Å². The second kappa shape index (κ2) is 7.70. The summed E-state index contributed by atoms with van der Waals surface area (Å²) < 4.78 is 16.6. The highest BCUT2D eigenvalue weighted by molar-refractivity contribution is 6.31. The predicted octanol–water partition coefficient (Wildman–Crippen LogP) is 3.75. The van der Waals surface area contributed by atoms with E-state index in [1.54, 1.807) is 41.8 Å². The van der Waals surface area contributed by atoms with Crippen LogP contribution < -0.4 is 0 Å². The SMILES string of the molecule is Cc1cc(C(=O)N(Cc2ccc(F)cc2Cl)Cc2nn(C)cc2Cl)nn1C. The third kappa shape index (κ3) is 4.31. The molecule has 27 heavy (non-hydrogen) atoms. The summed E-state index contributed by atoms with van der Waals surface area (Å²) in [4.78, 5) is 14.6. The van der Waals surface area contributed by atoms with Gasteiger partial charge < -0.3 is 4.90 Å². The van der Waals surface area contributed by atoms with Crippen molar-refractivity contribution in [1.29, 1.82) is 0 Å². The van der Waals surface area contributed by atoms with Crippen LogP contribution in [0.3, 0.4) is 0 Å². The molecule has 0 N–H and O–H groups in total. The summed E-state index contributed by atoms with van der Waals surface area (Å²) in [5.74, 6) is -0.726. The molecule has 2 aromatic heterocycles. The van der Waals surface area contributed by atoms with Gasteiger partial charge in [-0.2, -0.15) is 10.2 Å². The number of rotatable bonds is 5. The number of hydrogen-bond donors (Lipinski definition) is 0. The van der Waals surface area contributed by atoms with Gasteiger partial charge >= 0.3 is 0 Å². The Hall–Kier alpha value is -2.38. The maximum absolute atomic E-state index is 13.4. The molecule has 0 fully saturated rings. The number of amides is 1. The lowest BCUT2D eigenvalue weighted by molar-refractivity contribution is 0.0721. The van der Waals surface area contributed by atoms with Crippen LogP contribution in [0, 0.1) is 12.7 Å². The van der Waals surface area contributed by atoms with Crippen LogP contribution in [0.25, 0.3) is 0 Å². The first-order chi connectivity index (χ1) is 12.7. The summed E-state index contributed by atoms with van der Waals surface area (Å²) in [5, 5.41) is 9.26. The highest BCUT2D eigenvalue weighted by Crippen LogP contribution is 2.23. The van der Waals surface area contributed by atoms with Gasteiger partial charge in [0, 0.05) is 37.6 Å². The quantitative estimate of drug-likeness (QED) is 0.644. The predicted molar refractivity (Wildman–Crippen MR) is 101 cm³/mol. The van der Waals surface area contributed by atoms with Crippen LogP contribution in [0.1, 0.15) is 27.4 Å². The first-order valence-corrected chi connectivity index (χ1v) is 8.92. The molecule has 9 heteroatoms. The van der Waals surface area contributed by atoms with Gasteiger partial charge in [-0.25, -0.2) is 4.39 Å². The minimum Gasteiger partial charge on any atom is -0.327 e. The molecular weight excluding hydrogens is 392 g/mol. The summed E-state index contributed by atoms with van der Waals surface area (Å²) in [6.45, 7) is 2.20. The molecule has 3 rings (SSSR count). The first kappa shape index (κ1) is 19.4. The van der Waals surface area contributed by atoms with Crippen molar-refractivity contribution in [3.05, 3.63) is 69.0 Å². The standard InChI is InChI=1S/C18H18Cl2FN5O/c1-11-6-16(23-25(11)3)18(27)26(10-17-15(20)9-24(2)22-17)8-12-4-5-13(21)7-14(12)19/h4-7,9H,8,10H2,1-3H3. The van der Waals surface area contributed by atoms with Gasteiger partial charge in [0.2, 0.25) is 0 Å². The zero-order chi connectivity index (χ0) is 19.7. The van der Waals surface area contributed by atoms with Crippen LogP contribution in [0.4, 0.5) is 4.39 Å². The molecule has 0 spiro atoms. The smallest absolute Gasteiger partial charge is 0.275 e. The topological polar surface area (TPSA) is 56.0 Å². The molecule has 0 aliphatic rings. The number of nitrogens with zero attached hydrogens (tertiary/aromatic N) is 5. The molecule has 6 nitrogen and oxygen atoms in total. The second-order valence-electron chi connectivity index (χ2n) is 6.29. The molecule has 0 atom stereocenters. The number of aryl methyl sites for hydroxylation is 3. The van der Waals surface area contributed by atoms with E-state index in [4.69, 9.17) is 23.2 Å². The van der Waals surface area contributed by atoms with Crippen molar-refractivity contribution < 1.29 is 9.18 Å². The van der Waals surface area contributed by atoms with Crippen molar-refractivity contribution >= 4 is 29.1 Å². The van der Waals surface area contributed by atoms with Crippen molar-refractivity contribution in [2.24, 2.45) is 14.1 Å². The van der Waals surface area contributed by atoms with Crippen molar-refractivity contribution in [2.45, 2.75) is 20.0 Å². The van der Waals surface area contributed by atoms with Crippen molar-refractivity contribution in [2.75, 3.05) is 0 Å². The molecular formula is C18H18Cl2FN5O. The molecule has 2 heterocycles. The highest BCUT2D eigenvalue weighted by Gasteiger charge is 2.23. The Bertz CT molecular complexity index is 978. The Morgan fingerprint density at radius 2 is 1.89 bits per heavy atom. The number of carbonyl (C=O) groups is 1. The van der Waals surface area contributed by atoms with Gasteiger partial charge in [0.05, 0.1) is 11.6 Å².